The molecular weight excluding hydrogens is 91.1 g/mol. The fourth-order valence-electron chi connectivity index (χ4n) is 0.875. The molecule has 1 rings (SSSR count). The molecule has 1 saturated carbocycles. The third-order valence-electron chi connectivity index (χ3n) is 1.31. The third kappa shape index (κ3) is 1.72. The Morgan fingerprint density at radius 3 is 1.71 bits per heavy atom. The van der Waals surface area contributed by atoms with Crippen molar-refractivity contribution in [3.05, 3.63) is 12.2 Å². The molecule has 0 aromatic carbocycles. The van der Waals surface area contributed by atoms with Crippen molar-refractivity contribution in [3.8, 4) is 0 Å². The van der Waals surface area contributed by atoms with E-state index < -0.39 is 0 Å². The Labute approximate surface area is 43.6 Å². The van der Waals surface area contributed by atoms with Crippen molar-refractivity contribution in [1.29, 1.82) is 0 Å². The van der Waals surface area contributed by atoms with Crippen LogP contribution < -0.4 is 0 Å². The molecule has 0 unspecified atom stereocenters. The van der Waals surface area contributed by atoms with E-state index in [-0.39, 0.29) is 4.70 Å². The second-order valence-electron chi connectivity index (χ2n) is 1.96. The zero-order valence-electron chi connectivity index (χ0n) is 4.44. The average molecular weight is 102 g/mol. The van der Waals surface area contributed by atoms with Gasteiger partial charge in [0.15, 0.2) is 0 Å². The summed E-state index contributed by atoms with van der Waals surface area (Å²) >= 11 is 0. The van der Waals surface area contributed by atoms with E-state index in [0.717, 1.165) is 0 Å². The Hall–Kier alpha value is -0.330. The minimum Gasteiger partial charge on any atom is -0.269 e. The van der Waals surface area contributed by atoms with Crippen molar-refractivity contribution in [2.45, 2.75) is 25.7 Å². The molecule has 0 bridgehead atoms. The molecule has 1 aliphatic carbocycles. The summed E-state index contributed by atoms with van der Waals surface area (Å²) in [5, 5.41) is 0. The lowest BCUT2D eigenvalue weighted by Gasteiger charge is -1.80. The summed E-state index contributed by atoms with van der Waals surface area (Å²) in [5.41, 5.74) is 1.45. The fourth-order valence-corrected chi connectivity index (χ4v) is 0.875. The van der Waals surface area contributed by atoms with Gasteiger partial charge in [0.2, 0.25) is 0 Å². The van der Waals surface area contributed by atoms with E-state index in [9.17, 15) is 0 Å². The van der Waals surface area contributed by atoms with Gasteiger partial charge in [-0.15, -0.1) is 0 Å². The van der Waals surface area contributed by atoms with Gasteiger partial charge in [0.05, 0.1) is 0 Å². The standard InChI is InChI=1S/C6H10.FH/c1-6-4-2-3-5-6;/h1-5H2;1H. The van der Waals surface area contributed by atoms with E-state index in [1.165, 1.54) is 31.3 Å². The van der Waals surface area contributed by atoms with Crippen LogP contribution in [0.4, 0.5) is 4.70 Å². The topological polar surface area (TPSA) is 0 Å². The Kier molecular flexibility index (Phi) is 2.65. The predicted molar refractivity (Wildman–Crippen MR) is 30.1 cm³/mol. The number of rotatable bonds is 0. The van der Waals surface area contributed by atoms with Crippen LogP contribution in [0.5, 0.6) is 0 Å². The smallest absolute Gasteiger partial charge is 0.0323 e. The second kappa shape index (κ2) is 2.78. The van der Waals surface area contributed by atoms with Crippen LogP contribution in [-0.4, -0.2) is 0 Å². The van der Waals surface area contributed by atoms with Crippen LogP contribution in [0.15, 0.2) is 12.2 Å². The van der Waals surface area contributed by atoms with Crippen molar-refractivity contribution in [1.82, 2.24) is 0 Å². The zero-order valence-corrected chi connectivity index (χ0v) is 4.44. The summed E-state index contributed by atoms with van der Waals surface area (Å²) in [6, 6.07) is 0. The molecule has 0 aliphatic heterocycles. The lowest BCUT2D eigenvalue weighted by Crippen LogP contribution is -1.59. The number of halogens is 1. The first-order valence-corrected chi connectivity index (χ1v) is 2.56. The Bertz CT molecular complexity index is 58.6. The molecule has 0 heterocycles. The summed E-state index contributed by atoms with van der Waals surface area (Å²) in [5.74, 6) is 0. The van der Waals surface area contributed by atoms with Gasteiger partial charge in [-0.3, -0.25) is 4.70 Å². The average Bonchev–Trinajstić information content (AvgIpc) is 1.86. The minimum atomic E-state index is 0. The molecule has 0 aromatic heterocycles. The molecule has 1 fully saturated rings. The molecular formula is C6H11F. The number of allylic oxidation sites excluding steroid dienone is 1. The highest BCUT2D eigenvalue weighted by atomic mass is 19.0. The summed E-state index contributed by atoms with van der Waals surface area (Å²) < 4.78 is 0. The highest BCUT2D eigenvalue weighted by Crippen LogP contribution is 2.20. The maximum atomic E-state index is 3.85. The van der Waals surface area contributed by atoms with Crippen molar-refractivity contribution in [2.24, 2.45) is 0 Å². The molecule has 0 nitrogen and oxygen atoms in total. The summed E-state index contributed by atoms with van der Waals surface area (Å²) in [6.07, 6.45) is 5.36. The van der Waals surface area contributed by atoms with Gasteiger partial charge in [0.1, 0.15) is 0 Å². The van der Waals surface area contributed by atoms with Gasteiger partial charge in [-0.05, 0) is 25.7 Å². The lowest BCUT2D eigenvalue weighted by molar-refractivity contribution is 0.886. The van der Waals surface area contributed by atoms with E-state index in [1.807, 2.05) is 0 Å². The second-order valence-corrected chi connectivity index (χ2v) is 1.96. The molecule has 0 amide bonds. The van der Waals surface area contributed by atoms with E-state index in [1.54, 1.807) is 0 Å². The molecule has 0 atom stereocenters. The number of hydrogen-bond acceptors (Lipinski definition) is 0. The maximum absolute atomic E-state index is 3.85. The summed E-state index contributed by atoms with van der Waals surface area (Å²) in [4.78, 5) is 0. The van der Waals surface area contributed by atoms with Gasteiger partial charge in [-0.1, -0.05) is 12.2 Å². The van der Waals surface area contributed by atoms with Gasteiger partial charge in [0, 0.05) is 0 Å². The van der Waals surface area contributed by atoms with Crippen LogP contribution in [0.1, 0.15) is 25.7 Å². The van der Waals surface area contributed by atoms with Crippen LogP contribution in [0.3, 0.4) is 0 Å². The van der Waals surface area contributed by atoms with Crippen LogP contribution in [0.25, 0.3) is 0 Å². The monoisotopic (exact) mass is 102 g/mol. The molecule has 42 valence electrons. The lowest BCUT2D eigenvalue weighted by atomic mass is 10.3. The molecule has 0 saturated heterocycles. The molecule has 0 N–H and O–H groups in total. The maximum Gasteiger partial charge on any atom is -0.0323 e. The summed E-state index contributed by atoms with van der Waals surface area (Å²) in [6.45, 7) is 3.85. The SMILES string of the molecule is C=C1CCCC1.F. The first-order chi connectivity index (χ1) is 2.89. The third-order valence-corrected chi connectivity index (χ3v) is 1.31. The highest BCUT2D eigenvalue weighted by molar-refractivity contribution is 4.98. The van der Waals surface area contributed by atoms with E-state index in [4.69, 9.17) is 0 Å². The number of hydrogen-bond donors (Lipinski definition) is 0. The Morgan fingerprint density at radius 1 is 1.14 bits per heavy atom. The molecule has 1 heteroatoms. The van der Waals surface area contributed by atoms with Crippen molar-refractivity contribution >= 4 is 0 Å². The van der Waals surface area contributed by atoms with Crippen molar-refractivity contribution < 1.29 is 4.70 Å². The quantitative estimate of drug-likeness (QED) is 0.411. The first-order valence-electron chi connectivity index (χ1n) is 2.56. The minimum absolute atomic E-state index is 0. The predicted octanol–water partition coefficient (Wildman–Crippen LogP) is 2.27. The van der Waals surface area contributed by atoms with Crippen LogP contribution in [-0.2, 0) is 0 Å². The normalized spacial score (nSPS) is 19.1. The zero-order chi connectivity index (χ0) is 4.41. The van der Waals surface area contributed by atoms with Crippen LogP contribution in [0.2, 0.25) is 0 Å². The van der Waals surface area contributed by atoms with Gasteiger partial charge in [-0.2, -0.15) is 0 Å². The van der Waals surface area contributed by atoms with Crippen LogP contribution in [0, 0.1) is 0 Å². The van der Waals surface area contributed by atoms with Gasteiger partial charge in [-0.25, -0.2) is 0 Å². The van der Waals surface area contributed by atoms with Gasteiger partial charge in [0.25, 0.3) is 0 Å². The Morgan fingerprint density at radius 2 is 1.57 bits per heavy atom. The van der Waals surface area contributed by atoms with E-state index in [2.05, 4.69) is 6.58 Å². The molecule has 0 radical (unpaired) electrons. The molecule has 1 aliphatic rings. The molecule has 0 spiro atoms. The largest absolute Gasteiger partial charge is 0.269 e. The Balaban J connectivity index is 0.000000360. The van der Waals surface area contributed by atoms with Crippen molar-refractivity contribution in [3.63, 3.8) is 0 Å². The molecule has 0 aromatic rings. The van der Waals surface area contributed by atoms with Gasteiger partial charge >= 0.3 is 0 Å². The van der Waals surface area contributed by atoms with Gasteiger partial charge < -0.3 is 0 Å². The van der Waals surface area contributed by atoms with E-state index in [0.29, 0.717) is 0 Å². The fraction of sp³-hybridized carbons (Fsp3) is 0.667. The highest BCUT2D eigenvalue weighted by Gasteiger charge is 2.01. The van der Waals surface area contributed by atoms with Crippen LogP contribution >= 0.6 is 0 Å². The first kappa shape index (κ1) is 6.67. The summed E-state index contributed by atoms with van der Waals surface area (Å²) in [7, 11) is 0. The van der Waals surface area contributed by atoms with Crippen molar-refractivity contribution in [2.75, 3.05) is 0 Å². The molecule has 7 heavy (non-hydrogen) atoms. The van der Waals surface area contributed by atoms with E-state index >= 15 is 0 Å².